The van der Waals surface area contributed by atoms with Gasteiger partial charge in [-0.3, -0.25) is 9.59 Å². The molecule has 1 aromatic rings. The highest BCUT2D eigenvalue weighted by molar-refractivity contribution is 5.98. The Balaban J connectivity index is 1.76. The number of fused-ring (bicyclic) bond motifs is 1. The maximum absolute atomic E-state index is 12.2. The van der Waals surface area contributed by atoms with Gasteiger partial charge in [-0.1, -0.05) is 19.1 Å². The number of ketones is 1. The van der Waals surface area contributed by atoms with Gasteiger partial charge in [0.1, 0.15) is 0 Å². The van der Waals surface area contributed by atoms with Crippen LogP contribution < -0.4 is 10.6 Å². The lowest BCUT2D eigenvalue weighted by Crippen LogP contribution is -2.38. The summed E-state index contributed by atoms with van der Waals surface area (Å²) in [5.41, 5.74) is 3.41. The van der Waals surface area contributed by atoms with E-state index in [9.17, 15) is 9.59 Å². The number of amides is 1. The molecular formula is C18H26N2O2. The topological polar surface area (TPSA) is 58.2 Å². The lowest BCUT2D eigenvalue weighted by molar-refractivity contribution is -0.121. The van der Waals surface area contributed by atoms with E-state index in [2.05, 4.69) is 16.7 Å². The molecule has 0 heterocycles. The molecule has 1 amide bonds. The van der Waals surface area contributed by atoms with E-state index in [-0.39, 0.29) is 30.6 Å². The number of hydrogen-bond donors (Lipinski definition) is 2. The van der Waals surface area contributed by atoms with Crippen molar-refractivity contribution in [1.82, 2.24) is 10.6 Å². The van der Waals surface area contributed by atoms with Gasteiger partial charge in [-0.25, -0.2) is 0 Å². The molecule has 0 saturated heterocycles. The molecule has 1 aliphatic rings. The number of aryl methyl sites for hydroxylation is 2. The van der Waals surface area contributed by atoms with Gasteiger partial charge in [-0.2, -0.15) is 0 Å². The van der Waals surface area contributed by atoms with Gasteiger partial charge < -0.3 is 10.6 Å². The van der Waals surface area contributed by atoms with Crippen LogP contribution >= 0.6 is 0 Å². The average Bonchev–Trinajstić information content (AvgIpc) is 2.98. The standard InChI is InChI=1S/C18H26N2O2/c1-3-19-13(2)12-20-18(22)10-9-17(21)16-8-7-14-5-4-6-15(14)11-16/h7-8,11,13,19H,3-6,9-10,12H2,1-2H3,(H,20,22)/t13-/m1/s1. The van der Waals surface area contributed by atoms with Crippen LogP contribution in [0.25, 0.3) is 0 Å². The molecule has 120 valence electrons. The smallest absolute Gasteiger partial charge is 0.220 e. The Morgan fingerprint density at radius 3 is 2.73 bits per heavy atom. The number of nitrogens with one attached hydrogen (secondary N) is 2. The second-order valence-corrected chi connectivity index (χ2v) is 6.02. The van der Waals surface area contributed by atoms with Crippen molar-refractivity contribution in [1.29, 1.82) is 0 Å². The van der Waals surface area contributed by atoms with E-state index in [4.69, 9.17) is 0 Å². The summed E-state index contributed by atoms with van der Waals surface area (Å²) in [5.74, 6) is 0.00356. The first-order valence-corrected chi connectivity index (χ1v) is 8.25. The number of hydrogen-bond acceptors (Lipinski definition) is 3. The molecule has 22 heavy (non-hydrogen) atoms. The summed E-state index contributed by atoms with van der Waals surface area (Å²) in [6.45, 7) is 5.54. The highest BCUT2D eigenvalue weighted by Gasteiger charge is 2.15. The van der Waals surface area contributed by atoms with Crippen molar-refractivity contribution in [2.24, 2.45) is 0 Å². The van der Waals surface area contributed by atoms with Crippen LogP contribution in [0.1, 0.15) is 54.6 Å². The Morgan fingerprint density at radius 1 is 1.18 bits per heavy atom. The van der Waals surface area contributed by atoms with Crippen LogP contribution in [0.4, 0.5) is 0 Å². The van der Waals surface area contributed by atoms with Crippen molar-refractivity contribution in [3.8, 4) is 0 Å². The molecule has 1 atom stereocenters. The van der Waals surface area contributed by atoms with Crippen molar-refractivity contribution >= 4 is 11.7 Å². The summed E-state index contributed by atoms with van der Waals surface area (Å²) in [4.78, 5) is 24.0. The quantitative estimate of drug-likeness (QED) is 0.724. The number of benzene rings is 1. The molecule has 2 rings (SSSR count). The van der Waals surface area contributed by atoms with Gasteiger partial charge in [-0.15, -0.1) is 0 Å². The van der Waals surface area contributed by atoms with Crippen LogP contribution in [-0.2, 0) is 17.6 Å². The lowest BCUT2D eigenvalue weighted by atomic mass is 10.0. The van der Waals surface area contributed by atoms with Gasteiger partial charge in [0, 0.05) is 31.0 Å². The minimum absolute atomic E-state index is 0.0562. The van der Waals surface area contributed by atoms with Crippen molar-refractivity contribution in [2.45, 2.75) is 52.0 Å². The van der Waals surface area contributed by atoms with Crippen LogP contribution in [0, 0.1) is 0 Å². The van der Waals surface area contributed by atoms with E-state index in [1.807, 2.05) is 26.0 Å². The van der Waals surface area contributed by atoms with Gasteiger partial charge in [0.15, 0.2) is 5.78 Å². The maximum Gasteiger partial charge on any atom is 0.220 e. The largest absolute Gasteiger partial charge is 0.355 e. The summed E-state index contributed by atoms with van der Waals surface area (Å²) < 4.78 is 0. The van der Waals surface area contributed by atoms with Crippen LogP contribution in [0.5, 0.6) is 0 Å². The summed E-state index contributed by atoms with van der Waals surface area (Å²) in [5, 5.41) is 6.10. The fraction of sp³-hybridized carbons (Fsp3) is 0.556. The second kappa shape index (κ2) is 8.08. The number of carbonyl (C=O) groups is 2. The van der Waals surface area contributed by atoms with E-state index in [0.29, 0.717) is 6.54 Å². The Hall–Kier alpha value is -1.68. The fourth-order valence-corrected chi connectivity index (χ4v) is 2.89. The average molecular weight is 302 g/mol. The van der Waals surface area contributed by atoms with Crippen molar-refractivity contribution in [2.75, 3.05) is 13.1 Å². The molecule has 2 N–H and O–H groups in total. The SMILES string of the molecule is CCN[C@H](C)CNC(=O)CCC(=O)c1ccc2c(c1)CCC2. The molecule has 4 nitrogen and oxygen atoms in total. The van der Waals surface area contributed by atoms with Crippen molar-refractivity contribution < 1.29 is 9.59 Å². The van der Waals surface area contributed by atoms with Crippen LogP contribution in [-0.4, -0.2) is 30.8 Å². The molecule has 0 aromatic heterocycles. The zero-order valence-electron chi connectivity index (χ0n) is 13.6. The van der Waals surface area contributed by atoms with Gasteiger partial charge in [0.2, 0.25) is 5.91 Å². The van der Waals surface area contributed by atoms with Gasteiger partial charge in [0.25, 0.3) is 0 Å². The Labute approximate surface area is 132 Å². The predicted molar refractivity (Wildman–Crippen MR) is 88.2 cm³/mol. The highest BCUT2D eigenvalue weighted by atomic mass is 16.2. The van der Waals surface area contributed by atoms with E-state index < -0.39 is 0 Å². The first kappa shape index (κ1) is 16.7. The fourth-order valence-electron chi connectivity index (χ4n) is 2.89. The van der Waals surface area contributed by atoms with Crippen molar-refractivity contribution in [3.05, 3.63) is 34.9 Å². The summed E-state index contributed by atoms with van der Waals surface area (Å²) in [6, 6.07) is 6.22. The third-order valence-corrected chi connectivity index (χ3v) is 4.16. The molecule has 0 spiro atoms. The minimum atomic E-state index is -0.0562. The van der Waals surface area contributed by atoms with E-state index >= 15 is 0 Å². The third-order valence-electron chi connectivity index (χ3n) is 4.16. The Bertz CT molecular complexity index is 540. The number of carbonyl (C=O) groups excluding carboxylic acids is 2. The van der Waals surface area contributed by atoms with Crippen LogP contribution in [0.3, 0.4) is 0 Å². The summed E-state index contributed by atoms with van der Waals surface area (Å²) in [6.07, 6.45) is 3.91. The van der Waals surface area contributed by atoms with Gasteiger partial charge >= 0.3 is 0 Å². The second-order valence-electron chi connectivity index (χ2n) is 6.02. The number of likely N-dealkylation sites (N-methyl/N-ethyl adjacent to an activating group) is 1. The molecule has 1 aliphatic carbocycles. The molecule has 1 aromatic carbocycles. The Morgan fingerprint density at radius 2 is 1.95 bits per heavy atom. The first-order valence-electron chi connectivity index (χ1n) is 8.25. The van der Waals surface area contributed by atoms with Crippen molar-refractivity contribution in [3.63, 3.8) is 0 Å². The van der Waals surface area contributed by atoms with E-state index in [0.717, 1.165) is 24.9 Å². The highest BCUT2D eigenvalue weighted by Crippen LogP contribution is 2.23. The first-order chi connectivity index (χ1) is 10.6. The normalized spacial score (nSPS) is 14.5. The molecular weight excluding hydrogens is 276 g/mol. The molecule has 0 radical (unpaired) electrons. The third kappa shape index (κ3) is 4.67. The molecule has 0 bridgehead atoms. The molecule has 0 saturated carbocycles. The molecule has 0 unspecified atom stereocenters. The zero-order chi connectivity index (χ0) is 15.9. The summed E-state index contributed by atoms with van der Waals surface area (Å²) >= 11 is 0. The lowest BCUT2D eigenvalue weighted by Gasteiger charge is -2.13. The molecule has 4 heteroatoms. The number of rotatable bonds is 8. The zero-order valence-corrected chi connectivity index (χ0v) is 13.6. The Kier molecular flexibility index (Phi) is 6.13. The van der Waals surface area contributed by atoms with E-state index in [1.54, 1.807) is 0 Å². The van der Waals surface area contributed by atoms with Gasteiger partial charge in [0.05, 0.1) is 0 Å². The van der Waals surface area contributed by atoms with Crippen LogP contribution in [0.15, 0.2) is 18.2 Å². The summed E-state index contributed by atoms with van der Waals surface area (Å²) in [7, 11) is 0. The maximum atomic E-state index is 12.2. The van der Waals surface area contributed by atoms with E-state index in [1.165, 1.54) is 17.5 Å². The van der Waals surface area contributed by atoms with Gasteiger partial charge in [-0.05, 0) is 49.9 Å². The number of Topliss-reactive ketones (excluding diaryl/α,β-unsaturated/α-hetero) is 1. The molecule has 0 fully saturated rings. The minimum Gasteiger partial charge on any atom is -0.355 e. The molecule has 0 aliphatic heterocycles. The van der Waals surface area contributed by atoms with Crippen LogP contribution in [0.2, 0.25) is 0 Å². The monoisotopic (exact) mass is 302 g/mol. The predicted octanol–water partition coefficient (Wildman–Crippen LogP) is 2.25.